The number of hydrogen-bond donors (Lipinski definition) is 0. The van der Waals surface area contributed by atoms with Gasteiger partial charge in [0.25, 0.3) is 0 Å². The van der Waals surface area contributed by atoms with Gasteiger partial charge >= 0.3 is 0 Å². The lowest BCUT2D eigenvalue weighted by molar-refractivity contribution is 1.46. The summed E-state index contributed by atoms with van der Waals surface area (Å²) in [7, 11) is 0. The van der Waals surface area contributed by atoms with E-state index in [4.69, 9.17) is 0 Å². The van der Waals surface area contributed by atoms with E-state index in [1.165, 1.54) is 54.9 Å². The Hall–Kier alpha value is -3.38. The van der Waals surface area contributed by atoms with E-state index in [0.29, 0.717) is 0 Å². The molecule has 0 saturated carbocycles. The van der Waals surface area contributed by atoms with Gasteiger partial charge in [0, 0.05) is 0 Å². The van der Waals surface area contributed by atoms with E-state index >= 15 is 0 Å². The lowest BCUT2D eigenvalue weighted by Gasteiger charge is -2.15. The minimum atomic E-state index is 1.26. The fourth-order valence-electron chi connectivity index (χ4n) is 4.02. The first-order valence-electron chi connectivity index (χ1n) is 9.79. The Morgan fingerprint density at radius 3 is 1.68 bits per heavy atom. The third-order valence-electron chi connectivity index (χ3n) is 5.59. The summed E-state index contributed by atoms with van der Waals surface area (Å²) in [5.41, 5.74) is 7.69. The van der Waals surface area contributed by atoms with Gasteiger partial charge < -0.3 is 0 Å². The standard InChI is InChI=1S/C28H22/c1-19-7-11-21(12-8-19)26-16-15-25-17-23-5-3-4-6-24(23)18-27(25)28(26)22-13-9-20(2)10-14-22/h3-18H,1-2H3. The second kappa shape index (κ2) is 6.65. The van der Waals surface area contributed by atoms with Gasteiger partial charge in [-0.3, -0.25) is 0 Å². The average molecular weight is 358 g/mol. The van der Waals surface area contributed by atoms with Gasteiger partial charge in [0.2, 0.25) is 0 Å². The molecule has 0 fully saturated rings. The van der Waals surface area contributed by atoms with E-state index in [1.54, 1.807) is 0 Å². The van der Waals surface area contributed by atoms with Crippen LogP contribution in [0, 0.1) is 13.8 Å². The Labute approximate surface area is 166 Å². The van der Waals surface area contributed by atoms with E-state index in [9.17, 15) is 0 Å². The molecule has 28 heavy (non-hydrogen) atoms. The maximum atomic E-state index is 2.34. The Balaban J connectivity index is 1.88. The van der Waals surface area contributed by atoms with Crippen LogP contribution >= 0.6 is 0 Å². The summed E-state index contributed by atoms with van der Waals surface area (Å²) in [4.78, 5) is 0. The molecular weight excluding hydrogens is 336 g/mol. The van der Waals surface area contributed by atoms with Crippen LogP contribution < -0.4 is 0 Å². The molecule has 0 bridgehead atoms. The van der Waals surface area contributed by atoms with Gasteiger partial charge in [0.15, 0.2) is 0 Å². The number of rotatable bonds is 2. The molecule has 0 aliphatic carbocycles. The highest BCUT2D eigenvalue weighted by molar-refractivity contribution is 6.09. The van der Waals surface area contributed by atoms with Crippen molar-refractivity contribution in [3.8, 4) is 22.3 Å². The first-order chi connectivity index (χ1) is 13.7. The summed E-state index contributed by atoms with van der Waals surface area (Å²) < 4.78 is 0. The normalized spacial score (nSPS) is 11.2. The van der Waals surface area contributed by atoms with E-state index < -0.39 is 0 Å². The van der Waals surface area contributed by atoms with Crippen LogP contribution in [0.2, 0.25) is 0 Å². The molecule has 0 N–H and O–H groups in total. The second-order valence-corrected chi connectivity index (χ2v) is 7.64. The van der Waals surface area contributed by atoms with Gasteiger partial charge in [-0.1, -0.05) is 96.1 Å². The molecule has 5 aromatic rings. The number of benzene rings is 5. The topological polar surface area (TPSA) is 0 Å². The zero-order valence-corrected chi connectivity index (χ0v) is 16.2. The largest absolute Gasteiger partial charge is 0.0616 e. The third kappa shape index (κ3) is 2.88. The molecule has 0 unspecified atom stereocenters. The Morgan fingerprint density at radius 1 is 0.464 bits per heavy atom. The zero-order valence-electron chi connectivity index (χ0n) is 16.2. The highest BCUT2D eigenvalue weighted by Gasteiger charge is 2.13. The van der Waals surface area contributed by atoms with Crippen molar-refractivity contribution in [3.05, 3.63) is 108 Å². The van der Waals surface area contributed by atoms with Gasteiger partial charge in [0.05, 0.1) is 0 Å². The minimum Gasteiger partial charge on any atom is -0.0616 e. The van der Waals surface area contributed by atoms with Crippen LogP contribution in [0.4, 0.5) is 0 Å². The Bertz CT molecular complexity index is 1290. The lowest BCUT2D eigenvalue weighted by Crippen LogP contribution is -1.89. The molecule has 5 aromatic carbocycles. The van der Waals surface area contributed by atoms with Gasteiger partial charge in [-0.2, -0.15) is 0 Å². The van der Waals surface area contributed by atoms with Crippen molar-refractivity contribution < 1.29 is 0 Å². The summed E-state index contributed by atoms with van der Waals surface area (Å²) in [6, 6.07) is 35.5. The minimum absolute atomic E-state index is 1.26. The SMILES string of the molecule is Cc1ccc(-c2ccc3cc4ccccc4cc3c2-c2ccc(C)cc2)cc1. The van der Waals surface area contributed by atoms with Crippen molar-refractivity contribution in [2.24, 2.45) is 0 Å². The molecule has 0 amide bonds. The van der Waals surface area contributed by atoms with Crippen LogP contribution in [0.5, 0.6) is 0 Å². The van der Waals surface area contributed by atoms with Gasteiger partial charge in [-0.25, -0.2) is 0 Å². The molecule has 0 atom stereocenters. The van der Waals surface area contributed by atoms with Crippen molar-refractivity contribution in [2.45, 2.75) is 13.8 Å². The van der Waals surface area contributed by atoms with Crippen LogP contribution in [0.25, 0.3) is 43.8 Å². The molecule has 0 aromatic heterocycles. The Kier molecular flexibility index (Phi) is 3.98. The van der Waals surface area contributed by atoms with E-state index in [2.05, 4.69) is 111 Å². The van der Waals surface area contributed by atoms with Gasteiger partial charge in [0.1, 0.15) is 0 Å². The molecule has 0 nitrogen and oxygen atoms in total. The molecule has 0 aliphatic rings. The monoisotopic (exact) mass is 358 g/mol. The molecule has 0 heterocycles. The van der Waals surface area contributed by atoms with E-state index in [-0.39, 0.29) is 0 Å². The zero-order chi connectivity index (χ0) is 19.1. The first-order valence-corrected chi connectivity index (χ1v) is 9.79. The van der Waals surface area contributed by atoms with Crippen molar-refractivity contribution >= 4 is 21.5 Å². The van der Waals surface area contributed by atoms with Crippen molar-refractivity contribution in [1.82, 2.24) is 0 Å². The van der Waals surface area contributed by atoms with Crippen molar-refractivity contribution in [1.29, 1.82) is 0 Å². The summed E-state index contributed by atoms with van der Waals surface area (Å²) in [6.45, 7) is 4.28. The number of fused-ring (bicyclic) bond motifs is 2. The summed E-state index contributed by atoms with van der Waals surface area (Å²) >= 11 is 0. The maximum absolute atomic E-state index is 2.34. The van der Waals surface area contributed by atoms with Gasteiger partial charge in [-0.05, 0) is 69.8 Å². The highest BCUT2D eigenvalue weighted by atomic mass is 14.2. The van der Waals surface area contributed by atoms with E-state index in [1.807, 2.05) is 0 Å². The smallest absolute Gasteiger partial charge is 0.00266 e. The van der Waals surface area contributed by atoms with Gasteiger partial charge in [-0.15, -0.1) is 0 Å². The molecule has 0 aliphatic heterocycles. The van der Waals surface area contributed by atoms with Crippen LogP contribution in [-0.2, 0) is 0 Å². The van der Waals surface area contributed by atoms with Crippen molar-refractivity contribution in [2.75, 3.05) is 0 Å². The van der Waals surface area contributed by atoms with Crippen LogP contribution in [0.1, 0.15) is 11.1 Å². The quantitative estimate of drug-likeness (QED) is 0.281. The molecule has 5 rings (SSSR count). The van der Waals surface area contributed by atoms with Crippen LogP contribution in [-0.4, -0.2) is 0 Å². The molecule has 134 valence electrons. The lowest BCUT2D eigenvalue weighted by atomic mass is 9.88. The Morgan fingerprint density at radius 2 is 1.04 bits per heavy atom. The highest BCUT2D eigenvalue weighted by Crippen LogP contribution is 2.39. The molecule has 0 radical (unpaired) electrons. The molecular formula is C28H22. The fourth-order valence-corrected chi connectivity index (χ4v) is 4.02. The first kappa shape index (κ1) is 16.8. The summed E-state index contributed by atoms with van der Waals surface area (Å²) in [5, 5.41) is 5.16. The van der Waals surface area contributed by atoms with Crippen molar-refractivity contribution in [3.63, 3.8) is 0 Å². The van der Waals surface area contributed by atoms with Crippen LogP contribution in [0.15, 0.2) is 97.1 Å². The average Bonchev–Trinajstić information content (AvgIpc) is 2.73. The fraction of sp³-hybridized carbons (Fsp3) is 0.0714. The molecule has 0 saturated heterocycles. The summed E-state index contributed by atoms with van der Waals surface area (Å²) in [6.07, 6.45) is 0. The van der Waals surface area contributed by atoms with E-state index in [0.717, 1.165) is 0 Å². The van der Waals surface area contributed by atoms with Crippen LogP contribution in [0.3, 0.4) is 0 Å². The molecule has 0 heteroatoms. The molecule has 0 spiro atoms. The maximum Gasteiger partial charge on any atom is -0.00266 e. The predicted molar refractivity (Wildman–Crippen MR) is 122 cm³/mol. The third-order valence-corrected chi connectivity index (χ3v) is 5.59. The second-order valence-electron chi connectivity index (χ2n) is 7.64. The summed E-state index contributed by atoms with van der Waals surface area (Å²) in [5.74, 6) is 0. The predicted octanol–water partition coefficient (Wildman–Crippen LogP) is 7.94. The number of aryl methyl sites for hydroxylation is 2. The number of hydrogen-bond acceptors (Lipinski definition) is 0.